The summed E-state index contributed by atoms with van der Waals surface area (Å²) in [6.45, 7) is -0.0173. The van der Waals surface area contributed by atoms with Crippen molar-refractivity contribution < 1.29 is 14.3 Å². The van der Waals surface area contributed by atoms with Gasteiger partial charge in [0.2, 0.25) is 5.91 Å². The number of amides is 1. The minimum absolute atomic E-state index is 0.0173. The fourth-order valence-corrected chi connectivity index (χ4v) is 2.39. The predicted molar refractivity (Wildman–Crippen MR) is 93.9 cm³/mol. The molecule has 0 bridgehead atoms. The second-order valence-corrected chi connectivity index (χ2v) is 5.49. The molecule has 126 valence electrons. The van der Waals surface area contributed by atoms with E-state index in [0.717, 1.165) is 24.9 Å². The Morgan fingerprint density at radius 2 is 1.50 bits per heavy atom. The van der Waals surface area contributed by atoms with Crippen molar-refractivity contribution in [1.29, 1.82) is 0 Å². The molecule has 0 atom stereocenters. The fourth-order valence-electron chi connectivity index (χ4n) is 2.39. The molecule has 0 unspecified atom stereocenters. The van der Waals surface area contributed by atoms with E-state index in [-0.39, 0.29) is 18.4 Å². The van der Waals surface area contributed by atoms with Gasteiger partial charge in [0, 0.05) is 5.69 Å². The summed E-state index contributed by atoms with van der Waals surface area (Å²) in [6, 6.07) is 15.3. The predicted octanol–water partition coefficient (Wildman–Crippen LogP) is 2.55. The summed E-state index contributed by atoms with van der Waals surface area (Å²) in [5.41, 5.74) is 8.99. The number of hydrogen-bond donors (Lipinski definition) is 2. The summed E-state index contributed by atoms with van der Waals surface area (Å²) >= 11 is 0. The first kappa shape index (κ1) is 17.7. The molecule has 0 fully saturated rings. The third-order valence-corrected chi connectivity index (χ3v) is 3.73. The Morgan fingerprint density at radius 3 is 2.00 bits per heavy atom. The topological polar surface area (TPSA) is 81.4 Å². The van der Waals surface area contributed by atoms with Gasteiger partial charge < -0.3 is 15.8 Å². The highest BCUT2D eigenvalue weighted by atomic mass is 16.5. The second-order valence-electron chi connectivity index (χ2n) is 5.49. The molecule has 2 aromatic rings. The van der Waals surface area contributed by atoms with E-state index in [9.17, 15) is 9.59 Å². The monoisotopic (exact) mass is 326 g/mol. The number of methoxy groups -OCH3 is 1. The van der Waals surface area contributed by atoms with E-state index >= 15 is 0 Å². The number of hydrogen-bond acceptors (Lipinski definition) is 4. The fraction of sp³-hybridized carbons (Fsp3) is 0.263. The third kappa shape index (κ3) is 5.21. The van der Waals surface area contributed by atoms with E-state index in [4.69, 9.17) is 5.73 Å². The maximum absolute atomic E-state index is 11.4. The Balaban J connectivity index is 1.81. The molecular formula is C19H22N2O3. The standard InChI is InChI=1S/C19H22N2O3/c1-24-19(23)16-9-5-14(6-10-16)3-2-4-15-7-11-17(12-8-15)21-18(22)13-20/h5-12H,2-4,13,20H2,1H3,(H,21,22). The largest absolute Gasteiger partial charge is 0.465 e. The number of anilines is 1. The van der Waals surface area contributed by atoms with Gasteiger partial charge in [-0.15, -0.1) is 0 Å². The molecule has 1 amide bonds. The highest BCUT2D eigenvalue weighted by Crippen LogP contribution is 2.13. The zero-order valence-corrected chi connectivity index (χ0v) is 13.7. The van der Waals surface area contributed by atoms with Crippen LogP contribution in [0.2, 0.25) is 0 Å². The molecule has 24 heavy (non-hydrogen) atoms. The van der Waals surface area contributed by atoms with Crippen LogP contribution in [-0.4, -0.2) is 25.5 Å². The maximum Gasteiger partial charge on any atom is 0.337 e. The first-order valence-corrected chi connectivity index (χ1v) is 7.88. The van der Waals surface area contributed by atoms with E-state index in [1.165, 1.54) is 18.2 Å². The number of carbonyl (C=O) groups is 2. The second kappa shape index (κ2) is 8.84. The highest BCUT2D eigenvalue weighted by Gasteiger charge is 2.04. The lowest BCUT2D eigenvalue weighted by molar-refractivity contribution is -0.114. The van der Waals surface area contributed by atoms with Crippen LogP contribution in [0.1, 0.15) is 27.9 Å². The van der Waals surface area contributed by atoms with Crippen molar-refractivity contribution in [3.63, 3.8) is 0 Å². The van der Waals surface area contributed by atoms with Gasteiger partial charge in [-0.25, -0.2) is 4.79 Å². The van der Waals surface area contributed by atoms with Gasteiger partial charge in [0.15, 0.2) is 0 Å². The van der Waals surface area contributed by atoms with Gasteiger partial charge in [-0.05, 0) is 54.7 Å². The van der Waals surface area contributed by atoms with Crippen LogP contribution < -0.4 is 11.1 Å². The molecule has 5 heteroatoms. The van der Waals surface area contributed by atoms with E-state index in [2.05, 4.69) is 10.1 Å². The first-order valence-electron chi connectivity index (χ1n) is 7.88. The Labute approximate surface area is 141 Å². The number of rotatable bonds is 7. The molecule has 5 nitrogen and oxygen atoms in total. The minimum atomic E-state index is -0.316. The van der Waals surface area contributed by atoms with Crippen LogP contribution in [0, 0.1) is 0 Å². The van der Waals surface area contributed by atoms with E-state index in [1.807, 2.05) is 36.4 Å². The molecule has 2 rings (SSSR count). The number of aryl methyl sites for hydroxylation is 2. The average Bonchev–Trinajstić information content (AvgIpc) is 2.63. The summed E-state index contributed by atoms with van der Waals surface area (Å²) in [5.74, 6) is -0.512. The van der Waals surface area contributed by atoms with Crippen LogP contribution in [0.4, 0.5) is 5.69 Å². The lowest BCUT2D eigenvalue weighted by Gasteiger charge is -2.06. The Bertz CT molecular complexity index is 679. The molecule has 3 N–H and O–H groups in total. The summed E-state index contributed by atoms with van der Waals surface area (Å²) in [5, 5.41) is 2.72. The van der Waals surface area contributed by atoms with Crippen molar-refractivity contribution in [2.75, 3.05) is 19.0 Å². The maximum atomic E-state index is 11.4. The quantitative estimate of drug-likeness (QED) is 0.766. The van der Waals surface area contributed by atoms with Gasteiger partial charge in [0.05, 0.1) is 19.2 Å². The molecule has 0 heterocycles. The van der Waals surface area contributed by atoms with Crippen molar-refractivity contribution in [2.45, 2.75) is 19.3 Å². The number of benzene rings is 2. The van der Waals surface area contributed by atoms with Gasteiger partial charge in [0.1, 0.15) is 0 Å². The van der Waals surface area contributed by atoms with Crippen molar-refractivity contribution in [1.82, 2.24) is 0 Å². The molecule has 0 aliphatic carbocycles. The third-order valence-electron chi connectivity index (χ3n) is 3.73. The summed E-state index contributed by atoms with van der Waals surface area (Å²) in [4.78, 5) is 22.6. The molecule has 2 aromatic carbocycles. The average molecular weight is 326 g/mol. The molecular weight excluding hydrogens is 304 g/mol. The molecule has 0 saturated carbocycles. The molecule has 0 spiro atoms. The van der Waals surface area contributed by atoms with Gasteiger partial charge in [-0.1, -0.05) is 24.3 Å². The van der Waals surface area contributed by atoms with Crippen molar-refractivity contribution >= 4 is 17.6 Å². The molecule has 0 aromatic heterocycles. The number of carbonyl (C=O) groups excluding carboxylic acids is 2. The number of nitrogens with one attached hydrogen (secondary N) is 1. The summed E-state index contributed by atoms with van der Waals surface area (Å²) < 4.78 is 4.68. The van der Waals surface area contributed by atoms with Gasteiger partial charge in [-0.2, -0.15) is 0 Å². The SMILES string of the molecule is COC(=O)c1ccc(CCCc2ccc(NC(=O)CN)cc2)cc1. The Morgan fingerprint density at radius 1 is 0.958 bits per heavy atom. The van der Waals surface area contributed by atoms with E-state index < -0.39 is 0 Å². The van der Waals surface area contributed by atoms with Gasteiger partial charge in [-0.3, -0.25) is 4.79 Å². The van der Waals surface area contributed by atoms with Crippen LogP contribution in [0.25, 0.3) is 0 Å². The van der Waals surface area contributed by atoms with Crippen LogP contribution in [-0.2, 0) is 22.4 Å². The van der Waals surface area contributed by atoms with Gasteiger partial charge in [0.25, 0.3) is 0 Å². The van der Waals surface area contributed by atoms with Crippen LogP contribution in [0.3, 0.4) is 0 Å². The van der Waals surface area contributed by atoms with Crippen molar-refractivity contribution in [3.8, 4) is 0 Å². The van der Waals surface area contributed by atoms with Crippen molar-refractivity contribution in [3.05, 3.63) is 65.2 Å². The van der Waals surface area contributed by atoms with Crippen molar-refractivity contribution in [2.24, 2.45) is 5.73 Å². The van der Waals surface area contributed by atoms with Gasteiger partial charge >= 0.3 is 5.97 Å². The molecule has 0 aliphatic rings. The smallest absolute Gasteiger partial charge is 0.337 e. The summed E-state index contributed by atoms with van der Waals surface area (Å²) in [6.07, 6.45) is 2.89. The zero-order chi connectivity index (χ0) is 17.4. The Kier molecular flexibility index (Phi) is 6.51. The normalized spacial score (nSPS) is 10.2. The lowest BCUT2D eigenvalue weighted by atomic mass is 10.0. The summed E-state index contributed by atoms with van der Waals surface area (Å²) in [7, 11) is 1.38. The first-order chi connectivity index (χ1) is 11.6. The van der Waals surface area contributed by atoms with Crippen LogP contribution >= 0.6 is 0 Å². The highest BCUT2D eigenvalue weighted by molar-refractivity contribution is 5.92. The number of nitrogens with two attached hydrogens (primary N) is 1. The van der Waals surface area contributed by atoms with Crippen LogP contribution in [0.5, 0.6) is 0 Å². The van der Waals surface area contributed by atoms with Crippen LogP contribution in [0.15, 0.2) is 48.5 Å². The molecule has 0 saturated heterocycles. The van der Waals surface area contributed by atoms with E-state index in [1.54, 1.807) is 12.1 Å². The molecule has 0 radical (unpaired) electrons. The number of ether oxygens (including phenoxy) is 1. The minimum Gasteiger partial charge on any atom is -0.465 e. The molecule has 0 aliphatic heterocycles. The Hall–Kier alpha value is -2.66. The van der Waals surface area contributed by atoms with E-state index in [0.29, 0.717) is 5.56 Å². The number of esters is 1. The lowest BCUT2D eigenvalue weighted by Crippen LogP contribution is -2.21. The zero-order valence-electron chi connectivity index (χ0n) is 13.7.